The molecular formula is C10H22N2O. The first kappa shape index (κ1) is 12.6. The van der Waals surface area contributed by atoms with Crippen molar-refractivity contribution in [1.29, 1.82) is 0 Å². The molecule has 0 amide bonds. The van der Waals surface area contributed by atoms with E-state index >= 15 is 0 Å². The molecule has 0 fully saturated rings. The van der Waals surface area contributed by atoms with Crippen molar-refractivity contribution < 1.29 is 5.06 Å². The third-order valence-electron chi connectivity index (χ3n) is 3.03. The van der Waals surface area contributed by atoms with Crippen molar-refractivity contribution in [2.75, 3.05) is 7.05 Å². The van der Waals surface area contributed by atoms with Gasteiger partial charge in [-0.05, 0) is 26.5 Å². The second-order valence-corrected chi connectivity index (χ2v) is 3.81. The van der Waals surface area contributed by atoms with E-state index < -0.39 is 0 Å². The van der Waals surface area contributed by atoms with Crippen LogP contribution < -0.4 is 5.06 Å². The summed E-state index contributed by atoms with van der Waals surface area (Å²) in [5, 5.41) is 11.4. The molecule has 0 aromatic rings. The van der Waals surface area contributed by atoms with Crippen molar-refractivity contribution in [3.63, 3.8) is 0 Å². The molecule has 3 heteroatoms. The molecule has 0 heterocycles. The highest BCUT2D eigenvalue weighted by atomic mass is 16.5. The van der Waals surface area contributed by atoms with Gasteiger partial charge in [-0.3, -0.25) is 4.99 Å². The number of hydrogen-bond acceptors (Lipinski definition) is 2. The molecule has 0 aliphatic rings. The van der Waals surface area contributed by atoms with E-state index in [1.54, 1.807) is 7.05 Å². The summed E-state index contributed by atoms with van der Waals surface area (Å²) in [6.45, 7) is 9.80. The van der Waals surface area contributed by atoms with Gasteiger partial charge in [0.15, 0.2) is 0 Å². The predicted molar refractivity (Wildman–Crippen MR) is 57.2 cm³/mol. The molecule has 1 unspecified atom stereocenters. The Morgan fingerprint density at radius 1 is 1.46 bits per heavy atom. The predicted octanol–water partition coefficient (Wildman–Crippen LogP) is 1.04. The van der Waals surface area contributed by atoms with Crippen molar-refractivity contribution in [3.05, 3.63) is 5.21 Å². The molecule has 2 atom stereocenters. The van der Waals surface area contributed by atoms with Crippen LogP contribution >= 0.6 is 0 Å². The zero-order valence-electron chi connectivity index (χ0n) is 9.26. The van der Waals surface area contributed by atoms with Crippen LogP contribution in [0.15, 0.2) is 4.99 Å². The second-order valence-electron chi connectivity index (χ2n) is 3.81. The van der Waals surface area contributed by atoms with Crippen LogP contribution in [0.4, 0.5) is 0 Å². The molecule has 0 aromatic carbocycles. The van der Waals surface area contributed by atoms with Crippen molar-refractivity contribution >= 4 is 6.72 Å². The number of rotatable bonds is 6. The molecule has 0 aliphatic heterocycles. The quantitative estimate of drug-likeness (QED) is 0.488. The number of nitrogens with zero attached hydrogens (tertiary/aromatic N) is 1. The third kappa shape index (κ3) is 3.44. The molecule has 0 bridgehead atoms. The van der Waals surface area contributed by atoms with E-state index in [0.717, 1.165) is 19.3 Å². The third-order valence-corrected chi connectivity index (χ3v) is 3.03. The van der Waals surface area contributed by atoms with Gasteiger partial charge in [-0.2, -0.15) is 0 Å². The zero-order chi connectivity index (χ0) is 10.5. The van der Waals surface area contributed by atoms with Gasteiger partial charge in [0.25, 0.3) is 0 Å². The maximum absolute atomic E-state index is 11.1. The van der Waals surface area contributed by atoms with E-state index in [1.807, 2.05) is 6.92 Å². The Balaban J connectivity index is 4.32. The molecule has 0 spiro atoms. The lowest BCUT2D eigenvalue weighted by Gasteiger charge is -2.33. The summed E-state index contributed by atoms with van der Waals surface area (Å²) in [7, 11) is 1.64. The lowest BCUT2D eigenvalue weighted by atomic mass is 9.87. The molecule has 13 heavy (non-hydrogen) atoms. The summed E-state index contributed by atoms with van der Waals surface area (Å²) in [5.41, 5.74) is -0.0783. The lowest BCUT2D eigenvalue weighted by Crippen LogP contribution is -3.08. The summed E-state index contributed by atoms with van der Waals surface area (Å²) in [6.07, 6.45) is 2.76. The van der Waals surface area contributed by atoms with Gasteiger partial charge < -0.3 is 10.3 Å². The van der Waals surface area contributed by atoms with Crippen molar-refractivity contribution in [3.8, 4) is 0 Å². The Morgan fingerprint density at radius 3 is 2.15 bits per heavy atom. The zero-order valence-corrected chi connectivity index (χ0v) is 9.26. The minimum Gasteiger partial charge on any atom is -0.634 e. The van der Waals surface area contributed by atoms with Gasteiger partial charge >= 0.3 is 0 Å². The fourth-order valence-electron chi connectivity index (χ4n) is 1.54. The van der Waals surface area contributed by atoms with Crippen LogP contribution in [0.2, 0.25) is 0 Å². The number of aliphatic imine (C=N–C) groups is 1. The fraction of sp³-hybridized carbons (Fsp3) is 0.900. The van der Waals surface area contributed by atoms with Crippen LogP contribution in [-0.4, -0.2) is 25.3 Å². The first-order chi connectivity index (χ1) is 6.01. The summed E-state index contributed by atoms with van der Waals surface area (Å²) in [5.74, 6) is 0. The SMILES string of the molecule is C=NC(CC)(CC)C[C@@H](C)[NH+](C)[O-]. The van der Waals surface area contributed by atoms with Gasteiger partial charge in [-0.25, -0.2) is 0 Å². The average molecular weight is 186 g/mol. The van der Waals surface area contributed by atoms with Crippen molar-refractivity contribution in [2.24, 2.45) is 4.99 Å². The Kier molecular flexibility index (Phi) is 5.18. The van der Waals surface area contributed by atoms with E-state index in [0.29, 0.717) is 0 Å². The molecule has 78 valence electrons. The number of hydroxylamine groups is 2. The number of nitrogens with one attached hydrogen (secondary N) is 1. The minimum atomic E-state index is -0.0783. The largest absolute Gasteiger partial charge is 0.634 e. The smallest absolute Gasteiger partial charge is 0.0864 e. The molecule has 0 aromatic heterocycles. The highest BCUT2D eigenvalue weighted by Crippen LogP contribution is 2.24. The molecule has 0 radical (unpaired) electrons. The van der Waals surface area contributed by atoms with Crippen LogP contribution in [0, 0.1) is 5.21 Å². The minimum absolute atomic E-state index is 0.0783. The Hall–Kier alpha value is -0.410. The topological polar surface area (TPSA) is 39.9 Å². The molecule has 0 rings (SSSR count). The maximum Gasteiger partial charge on any atom is 0.0864 e. The molecular weight excluding hydrogens is 164 g/mol. The van der Waals surface area contributed by atoms with Gasteiger partial charge in [0, 0.05) is 6.42 Å². The summed E-state index contributed by atoms with van der Waals surface area (Å²) in [6, 6.07) is 0.102. The summed E-state index contributed by atoms with van der Waals surface area (Å²) >= 11 is 0. The van der Waals surface area contributed by atoms with Crippen LogP contribution in [-0.2, 0) is 0 Å². The molecule has 1 N–H and O–H groups in total. The number of quaternary nitrogens is 1. The van der Waals surface area contributed by atoms with E-state index in [2.05, 4.69) is 25.6 Å². The standard InChI is InChI=1S/C10H22N2O/c1-6-10(7-2,11-4)8-9(3)12(5)13/h9,12H,4,6-8H2,1-3,5H3/t9-/m1/s1. The lowest BCUT2D eigenvalue weighted by molar-refractivity contribution is -0.853. The molecule has 3 nitrogen and oxygen atoms in total. The van der Waals surface area contributed by atoms with Gasteiger partial charge in [0.1, 0.15) is 0 Å². The Morgan fingerprint density at radius 2 is 1.92 bits per heavy atom. The average Bonchev–Trinajstić information content (AvgIpc) is 2.14. The van der Waals surface area contributed by atoms with Crippen LogP contribution in [0.3, 0.4) is 0 Å². The monoisotopic (exact) mass is 186 g/mol. The van der Waals surface area contributed by atoms with E-state index in [-0.39, 0.29) is 16.6 Å². The Bertz CT molecular complexity index is 153. The summed E-state index contributed by atoms with van der Waals surface area (Å²) < 4.78 is 0. The normalized spacial score (nSPS) is 16.7. The summed E-state index contributed by atoms with van der Waals surface area (Å²) in [4.78, 5) is 4.18. The second kappa shape index (κ2) is 5.35. The van der Waals surface area contributed by atoms with Gasteiger partial charge in [-0.1, -0.05) is 13.8 Å². The highest BCUT2D eigenvalue weighted by molar-refractivity contribution is 5.26. The van der Waals surface area contributed by atoms with Crippen LogP contribution in [0.1, 0.15) is 40.0 Å². The van der Waals surface area contributed by atoms with E-state index in [9.17, 15) is 5.21 Å². The number of hydrogen-bond donors (Lipinski definition) is 1. The van der Waals surface area contributed by atoms with Gasteiger partial charge in [0.2, 0.25) is 0 Å². The van der Waals surface area contributed by atoms with Crippen LogP contribution in [0.25, 0.3) is 0 Å². The van der Waals surface area contributed by atoms with Crippen LogP contribution in [0.5, 0.6) is 0 Å². The first-order valence-corrected chi connectivity index (χ1v) is 4.99. The fourth-order valence-corrected chi connectivity index (χ4v) is 1.54. The van der Waals surface area contributed by atoms with Gasteiger partial charge in [0.05, 0.1) is 18.6 Å². The Labute approximate surface area is 81.4 Å². The van der Waals surface area contributed by atoms with Crippen molar-refractivity contribution in [2.45, 2.75) is 51.6 Å². The molecule has 0 aliphatic carbocycles. The maximum atomic E-state index is 11.1. The highest BCUT2D eigenvalue weighted by Gasteiger charge is 2.28. The van der Waals surface area contributed by atoms with E-state index in [4.69, 9.17) is 0 Å². The molecule has 0 saturated carbocycles. The van der Waals surface area contributed by atoms with E-state index in [1.165, 1.54) is 0 Å². The van der Waals surface area contributed by atoms with Crippen molar-refractivity contribution in [1.82, 2.24) is 0 Å². The van der Waals surface area contributed by atoms with Gasteiger partial charge in [-0.15, -0.1) is 0 Å². The molecule has 0 saturated heterocycles. The first-order valence-electron chi connectivity index (χ1n) is 4.99.